The first-order chi connectivity index (χ1) is 8.92. The number of hydrogen-bond donors (Lipinski definition) is 1. The lowest BCUT2D eigenvalue weighted by Gasteiger charge is -2.38. The van der Waals surface area contributed by atoms with Crippen LogP contribution < -0.4 is 5.32 Å². The standard InChI is InChI=1S/C15H28N2O/c1-6-15(16-7-1)14-5-2-8-17(11-14)10-13-4-3-9-18-12-13/h13-16H,1-12H2. The van der Waals surface area contributed by atoms with E-state index in [1.54, 1.807) is 0 Å². The van der Waals surface area contributed by atoms with Crippen molar-refractivity contribution in [2.45, 2.75) is 44.6 Å². The summed E-state index contributed by atoms with van der Waals surface area (Å²) in [6.45, 7) is 7.17. The van der Waals surface area contributed by atoms with Crippen molar-refractivity contribution in [1.82, 2.24) is 10.2 Å². The van der Waals surface area contributed by atoms with E-state index >= 15 is 0 Å². The molecule has 3 rings (SSSR count). The van der Waals surface area contributed by atoms with Crippen LogP contribution in [0, 0.1) is 11.8 Å². The highest BCUT2D eigenvalue weighted by Crippen LogP contribution is 2.26. The zero-order valence-corrected chi connectivity index (χ0v) is 11.6. The summed E-state index contributed by atoms with van der Waals surface area (Å²) in [6.07, 6.45) is 8.28. The van der Waals surface area contributed by atoms with Crippen LogP contribution in [0.5, 0.6) is 0 Å². The van der Waals surface area contributed by atoms with Gasteiger partial charge in [0.25, 0.3) is 0 Å². The molecule has 3 aliphatic heterocycles. The van der Waals surface area contributed by atoms with E-state index in [9.17, 15) is 0 Å². The van der Waals surface area contributed by atoms with Crippen LogP contribution >= 0.6 is 0 Å². The summed E-state index contributed by atoms with van der Waals surface area (Å²) in [5.41, 5.74) is 0. The van der Waals surface area contributed by atoms with Crippen LogP contribution in [0.1, 0.15) is 38.5 Å². The van der Waals surface area contributed by atoms with Gasteiger partial charge in [0.1, 0.15) is 0 Å². The van der Waals surface area contributed by atoms with Crippen molar-refractivity contribution in [3.8, 4) is 0 Å². The molecule has 3 nitrogen and oxygen atoms in total. The molecular formula is C15H28N2O. The van der Waals surface area contributed by atoms with E-state index in [-0.39, 0.29) is 0 Å². The Morgan fingerprint density at radius 2 is 2.11 bits per heavy atom. The molecule has 0 radical (unpaired) electrons. The molecule has 3 heterocycles. The summed E-state index contributed by atoms with van der Waals surface area (Å²) in [5.74, 6) is 1.71. The summed E-state index contributed by atoms with van der Waals surface area (Å²) >= 11 is 0. The summed E-state index contributed by atoms with van der Waals surface area (Å²) in [7, 11) is 0. The molecular weight excluding hydrogens is 224 g/mol. The van der Waals surface area contributed by atoms with Crippen LogP contribution in [0.4, 0.5) is 0 Å². The summed E-state index contributed by atoms with van der Waals surface area (Å²) in [5, 5.41) is 3.70. The van der Waals surface area contributed by atoms with Gasteiger partial charge in [-0.3, -0.25) is 0 Å². The minimum atomic E-state index is 0.800. The average molecular weight is 252 g/mol. The fourth-order valence-corrected chi connectivity index (χ4v) is 4.02. The Kier molecular flexibility index (Phi) is 4.55. The van der Waals surface area contributed by atoms with E-state index in [2.05, 4.69) is 10.2 Å². The first-order valence-corrected chi connectivity index (χ1v) is 7.95. The maximum Gasteiger partial charge on any atom is 0.0506 e. The minimum Gasteiger partial charge on any atom is -0.381 e. The van der Waals surface area contributed by atoms with Crippen molar-refractivity contribution in [1.29, 1.82) is 0 Å². The van der Waals surface area contributed by atoms with Crippen LogP contribution in [-0.4, -0.2) is 50.3 Å². The minimum absolute atomic E-state index is 0.800. The highest BCUT2D eigenvalue weighted by atomic mass is 16.5. The van der Waals surface area contributed by atoms with Gasteiger partial charge < -0.3 is 15.0 Å². The zero-order chi connectivity index (χ0) is 12.2. The zero-order valence-electron chi connectivity index (χ0n) is 11.6. The lowest BCUT2D eigenvalue weighted by Crippen LogP contribution is -2.45. The second-order valence-corrected chi connectivity index (χ2v) is 6.45. The number of piperidine rings is 1. The van der Waals surface area contributed by atoms with Crippen LogP contribution in [-0.2, 0) is 4.74 Å². The molecule has 0 aromatic rings. The Bertz CT molecular complexity index is 247. The van der Waals surface area contributed by atoms with Gasteiger partial charge in [-0.25, -0.2) is 0 Å². The molecule has 0 spiro atoms. The molecule has 104 valence electrons. The normalized spacial score (nSPS) is 39.0. The molecule has 1 N–H and O–H groups in total. The highest BCUT2D eigenvalue weighted by molar-refractivity contribution is 4.86. The van der Waals surface area contributed by atoms with E-state index < -0.39 is 0 Å². The highest BCUT2D eigenvalue weighted by Gasteiger charge is 2.30. The molecule has 18 heavy (non-hydrogen) atoms. The molecule has 0 aromatic carbocycles. The average Bonchev–Trinajstić information content (AvgIpc) is 2.94. The molecule has 0 aliphatic carbocycles. The number of hydrogen-bond acceptors (Lipinski definition) is 3. The Morgan fingerprint density at radius 1 is 1.11 bits per heavy atom. The molecule has 3 unspecified atom stereocenters. The van der Waals surface area contributed by atoms with Gasteiger partial charge in [-0.05, 0) is 63.5 Å². The molecule has 3 atom stereocenters. The lowest BCUT2D eigenvalue weighted by molar-refractivity contribution is 0.0292. The van der Waals surface area contributed by atoms with Gasteiger partial charge in [0.05, 0.1) is 6.61 Å². The lowest BCUT2D eigenvalue weighted by atomic mass is 9.89. The first kappa shape index (κ1) is 12.9. The number of nitrogens with one attached hydrogen (secondary N) is 1. The number of likely N-dealkylation sites (tertiary alicyclic amines) is 1. The van der Waals surface area contributed by atoms with Gasteiger partial charge in [-0.15, -0.1) is 0 Å². The fourth-order valence-electron chi connectivity index (χ4n) is 4.02. The second-order valence-electron chi connectivity index (χ2n) is 6.45. The quantitative estimate of drug-likeness (QED) is 0.830. The van der Waals surface area contributed by atoms with Crippen LogP contribution in [0.15, 0.2) is 0 Å². The van der Waals surface area contributed by atoms with E-state index in [0.717, 1.165) is 31.1 Å². The number of ether oxygens (including phenoxy) is 1. The van der Waals surface area contributed by atoms with Crippen LogP contribution in [0.25, 0.3) is 0 Å². The third-order valence-corrected chi connectivity index (χ3v) is 4.98. The molecule has 3 heteroatoms. The van der Waals surface area contributed by atoms with E-state index in [1.807, 2.05) is 0 Å². The molecule has 3 aliphatic rings. The van der Waals surface area contributed by atoms with E-state index in [4.69, 9.17) is 4.74 Å². The number of nitrogens with zero attached hydrogens (tertiary/aromatic N) is 1. The predicted octanol–water partition coefficient (Wildman–Crippen LogP) is 1.88. The molecule has 3 saturated heterocycles. The van der Waals surface area contributed by atoms with Gasteiger partial charge >= 0.3 is 0 Å². The second kappa shape index (κ2) is 6.36. The van der Waals surface area contributed by atoms with Crippen LogP contribution in [0.2, 0.25) is 0 Å². The SMILES string of the molecule is C1COCC(CN2CCCC(C3CCCN3)C2)C1. The van der Waals surface area contributed by atoms with Crippen LogP contribution in [0.3, 0.4) is 0 Å². The molecule has 0 saturated carbocycles. The molecule has 0 amide bonds. The Hall–Kier alpha value is -0.120. The molecule has 3 fully saturated rings. The fraction of sp³-hybridized carbons (Fsp3) is 1.00. The Labute approximate surface area is 111 Å². The summed E-state index contributed by atoms with van der Waals surface area (Å²) in [6, 6.07) is 0.815. The van der Waals surface area contributed by atoms with Gasteiger partial charge in [-0.1, -0.05) is 0 Å². The van der Waals surface area contributed by atoms with E-state index in [1.165, 1.54) is 64.7 Å². The van der Waals surface area contributed by atoms with Crippen molar-refractivity contribution < 1.29 is 4.74 Å². The van der Waals surface area contributed by atoms with Crippen molar-refractivity contribution in [3.05, 3.63) is 0 Å². The maximum absolute atomic E-state index is 5.61. The largest absolute Gasteiger partial charge is 0.381 e. The summed E-state index contributed by atoms with van der Waals surface area (Å²) in [4.78, 5) is 2.72. The first-order valence-electron chi connectivity index (χ1n) is 7.95. The van der Waals surface area contributed by atoms with Crippen molar-refractivity contribution in [2.24, 2.45) is 11.8 Å². The smallest absolute Gasteiger partial charge is 0.0506 e. The number of rotatable bonds is 3. The van der Waals surface area contributed by atoms with Crippen molar-refractivity contribution in [3.63, 3.8) is 0 Å². The molecule has 0 aromatic heterocycles. The van der Waals surface area contributed by atoms with Gasteiger partial charge in [0.15, 0.2) is 0 Å². The summed E-state index contributed by atoms with van der Waals surface area (Å²) < 4.78 is 5.61. The Balaban J connectivity index is 1.47. The molecule has 0 bridgehead atoms. The Morgan fingerprint density at radius 3 is 2.89 bits per heavy atom. The van der Waals surface area contributed by atoms with Gasteiger partial charge in [0, 0.05) is 25.7 Å². The monoisotopic (exact) mass is 252 g/mol. The maximum atomic E-state index is 5.61. The third-order valence-electron chi connectivity index (χ3n) is 4.98. The van der Waals surface area contributed by atoms with E-state index in [0.29, 0.717) is 0 Å². The van der Waals surface area contributed by atoms with Gasteiger partial charge in [-0.2, -0.15) is 0 Å². The van der Waals surface area contributed by atoms with Crippen molar-refractivity contribution >= 4 is 0 Å². The predicted molar refractivity (Wildman–Crippen MR) is 73.7 cm³/mol. The van der Waals surface area contributed by atoms with Gasteiger partial charge in [0.2, 0.25) is 0 Å². The third kappa shape index (κ3) is 3.25. The van der Waals surface area contributed by atoms with Crippen molar-refractivity contribution in [2.75, 3.05) is 39.4 Å². The topological polar surface area (TPSA) is 24.5 Å².